The van der Waals surface area contributed by atoms with E-state index in [9.17, 15) is 8.78 Å². The van der Waals surface area contributed by atoms with E-state index >= 15 is 0 Å². The van der Waals surface area contributed by atoms with Gasteiger partial charge in [0.2, 0.25) is 0 Å². The van der Waals surface area contributed by atoms with Gasteiger partial charge in [-0.2, -0.15) is 0 Å². The van der Waals surface area contributed by atoms with E-state index in [-0.39, 0.29) is 6.54 Å². The van der Waals surface area contributed by atoms with Gasteiger partial charge in [0.15, 0.2) is 0 Å². The first kappa shape index (κ1) is 11.5. The summed E-state index contributed by atoms with van der Waals surface area (Å²) in [4.78, 5) is 1.70. The molecule has 0 radical (unpaired) electrons. The van der Waals surface area contributed by atoms with Crippen LogP contribution in [0.4, 0.5) is 8.78 Å². The zero-order valence-electron chi connectivity index (χ0n) is 7.61. The Labute approximate surface area is 72.0 Å². The van der Waals surface area contributed by atoms with Gasteiger partial charge in [-0.15, -0.1) is 0 Å². The Morgan fingerprint density at radius 3 is 2.42 bits per heavy atom. The number of rotatable bonds is 5. The molecule has 0 bridgehead atoms. The minimum Gasteiger partial charge on any atom is -0.330 e. The Hall–Kier alpha value is -0.480. The molecule has 0 spiro atoms. The van der Waals surface area contributed by atoms with Crippen LogP contribution >= 0.6 is 0 Å². The number of hydrogen-bond acceptors (Lipinski definition) is 2. The molecule has 0 aliphatic heterocycles. The van der Waals surface area contributed by atoms with E-state index < -0.39 is 11.7 Å². The summed E-state index contributed by atoms with van der Waals surface area (Å²) in [6.45, 7) is 2.41. The van der Waals surface area contributed by atoms with E-state index in [0.29, 0.717) is 13.1 Å². The van der Waals surface area contributed by atoms with Crippen LogP contribution in [-0.2, 0) is 0 Å². The van der Waals surface area contributed by atoms with Crippen molar-refractivity contribution in [2.24, 2.45) is 5.73 Å². The summed E-state index contributed by atoms with van der Waals surface area (Å²) in [5.74, 6) is -1.44. The SMILES string of the molecule is C/C(F)=C(/F)CN(C)CCCN. The largest absolute Gasteiger partial charge is 0.330 e. The van der Waals surface area contributed by atoms with Gasteiger partial charge in [0.05, 0.1) is 6.54 Å². The van der Waals surface area contributed by atoms with Crippen molar-refractivity contribution in [2.45, 2.75) is 13.3 Å². The maximum Gasteiger partial charge on any atom is 0.145 e. The fraction of sp³-hybridized carbons (Fsp3) is 0.750. The number of nitrogens with two attached hydrogens (primary N) is 1. The van der Waals surface area contributed by atoms with Crippen molar-refractivity contribution >= 4 is 0 Å². The Morgan fingerprint density at radius 1 is 1.42 bits per heavy atom. The summed E-state index contributed by atoms with van der Waals surface area (Å²) in [5.41, 5.74) is 5.26. The zero-order chi connectivity index (χ0) is 9.56. The third-order valence-electron chi connectivity index (χ3n) is 1.53. The van der Waals surface area contributed by atoms with Crippen molar-refractivity contribution in [3.05, 3.63) is 11.7 Å². The summed E-state index contributed by atoms with van der Waals surface area (Å²) in [7, 11) is 1.73. The second-order valence-corrected chi connectivity index (χ2v) is 2.82. The third-order valence-corrected chi connectivity index (χ3v) is 1.53. The van der Waals surface area contributed by atoms with Gasteiger partial charge in [-0.3, -0.25) is 4.90 Å². The van der Waals surface area contributed by atoms with Gasteiger partial charge in [0.25, 0.3) is 0 Å². The van der Waals surface area contributed by atoms with Gasteiger partial charge in [-0.05, 0) is 33.5 Å². The van der Waals surface area contributed by atoms with Crippen molar-refractivity contribution in [1.82, 2.24) is 4.90 Å². The molecule has 0 aromatic rings. The molecule has 0 fully saturated rings. The van der Waals surface area contributed by atoms with Crippen molar-refractivity contribution in [3.63, 3.8) is 0 Å². The molecular formula is C8H16F2N2. The summed E-state index contributed by atoms with van der Waals surface area (Å²) >= 11 is 0. The van der Waals surface area contributed by atoms with Gasteiger partial charge in [-0.25, -0.2) is 8.78 Å². The lowest BCUT2D eigenvalue weighted by Gasteiger charge is -2.14. The maximum absolute atomic E-state index is 12.6. The van der Waals surface area contributed by atoms with Crippen LogP contribution in [0.15, 0.2) is 11.7 Å². The van der Waals surface area contributed by atoms with Crippen molar-refractivity contribution in [3.8, 4) is 0 Å². The highest BCUT2D eigenvalue weighted by Crippen LogP contribution is 2.07. The third kappa shape index (κ3) is 5.21. The van der Waals surface area contributed by atoms with Gasteiger partial charge in [0.1, 0.15) is 11.7 Å². The predicted molar refractivity (Wildman–Crippen MR) is 46.1 cm³/mol. The number of allylic oxidation sites excluding steroid dienone is 1. The van der Waals surface area contributed by atoms with Crippen molar-refractivity contribution in [1.29, 1.82) is 0 Å². The average Bonchev–Trinajstić information content (AvgIpc) is 2.00. The smallest absolute Gasteiger partial charge is 0.145 e. The molecule has 0 saturated heterocycles. The van der Waals surface area contributed by atoms with E-state index in [0.717, 1.165) is 13.3 Å². The van der Waals surface area contributed by atoms with Crippen LogP contribution in [0.25, 0.3) is 0 Å². The van der Waals surface area contributed by atoms with E-state index in [1.54, 1.807) is 11.9 Å². The van der Waals surface area contributed by atoms with Crippen LogP contribution in [0.1, 0.15) is 13.3 Å². The molecule has 0 aliphatic rings. The molecule has 2 N–H and O–H groups in total. The van der Waals surface area contributed by atoms with Gasteiger partial charge < -0.3 is 5.73 Å². The molecule has 0 aromatic carbocycles. The second-order valence-electron chi connectivity index (χ2n) is 2.82. The molecule has 72 valence electrons. The van der Waals surface area contributed by atoms with E-state index in [2.05, 4.69) is 0 Å². The molecule has 4 heteroatoms. The molecule has 0 heterocycles. The molecule has 0 aliphatic carbocycles. The van der Waals surface area contributed by atoms with Crippen LogP contribution in [0, 0.1) is 0 Å². The predicted octanol–water partition coefficient (Wildman–Crippen LogP) is 1.44. The standard InChI is InChI=1S/C8H16F2N2/c1-7(9)8(10)6-12(2)5-3-4-11/h3-6,11H2,1-2H3/b8-7-. The molecule has 12 heavy (non-hydrogen) atoms. The van der Waals surface area contributed by atoms with Crippen LogP contribution in [0.2, 0.25) is 0 Å². The fourth-order valence-corrected chi connectivity index (χ4v) is 0.786. The van der Waals surface area contributed by atoms with Gasteiger partial charge in [0, 0.05) is 0 Å². The fourth-order valence-electron chi connectivity index (χ4n) is 0.786. The highest BCUT2D eigenvalue weighted by atomic mass is 19.2. The summed E-state index contributed by atoms with van der Waals surface area (Å²) in [6.07, 6.45) is 0.801. The lowest BCUT2D eigenvalue weighted by atomic mass is 10.3. The van der Waals surface area contributed by atoms with Crippen LogP contribution in [0.3, 0.4) is 0 Å². The van der Waals surface area contributed by atoms with Crippen molar-refractivity contribution < 1.29 is 8.78 Å². The summed E-state index contributed by atoms with van der Waals surface area (Å²) in [5, 5.41) is 0. The molecule has 0 amide bonds. The lowest BCUT2D eigenvalue weighted by Crippen LogP contribution is -2.23. The maximum atomic E-state index is 12.6. The van der Waals surface area contributed by atoms with Gasteiger partial charge >= 0.3 is 0 Å². The minimum absolute atomic E-state index is 0.0301. The number of nitrogens with zero attached hydrogens (tertiary/aromatic N) is 1. The van der Waals surface area contributed by atoms with Gasteiger partial charge in [-0.1, -0.05) is 0 Å². The molecule has 0 atom stereocenters. The van der Waals surface area contributed by atoms with Crippen LogP contribution in [0.5, 0.6) is 0 Å². The molecule has 2 nitrogen and oxygen atoms in total. The Morgan fingerprint density at radius 2 is 2.00 bits per heavy atom. The zero-order valence-corrected chi connectivity index (χ0v) is 7.61. The van der Waals surface area contributed by atoms with Crippen molar-refractivity contribution in [2.75, 3.05) is 26.7 Å². The minimum atomic E-state index is -0.741. The summed E-state index contributed by atoms with van der Waals surface area (Å²) < 4.78 is 24.9. The van der Waals surface area contributed by atoms with E-state index in [1.807, 2.05) is 0 Å². The van der Waals surface area contributed by atoms with E-state index in [4.69, 9.17) is 5.73 Å². The van der Waals surface area contributed by atoms with E-state index in [1.165, 1.54) is 0 Å². The lowest BCUT2D eigenvalue weighted by molar-refractivity contribution is 0.324. The van der Waals surface area contributed by atoms with Crippen LogP contribution < -0.4 is 5.73 Å². The monoisotopic (exact) mass is 178 g/mol. The first-order valence-corrected chi connectivity index (χ1v) is 3.97. The number of hydrogen-bond donors (Lipinski definition) is 1. The first-order chi connectivity index (χ1) is 5.57. The normalized spacial score (nSPS) is 13.5. The number of halogens is 2. The first-order valence-electron chi connectivity index (χ1n) is 3.97. The Kier molecular flexibility index (Phi) is 5.84. The molecule has 0 rings (SSSR count). The number of likely N-dealkylation sites (N-methyl/N-ethyl adjacent to an activating group) is 1. The average molecular weight is 178 g/mol. The molecule has 0 unspecified atom stereocenters. The highest BCUT2D eigenvalue weighted by Gasteiger charge is 2.04. The Bertz CT molecular complexity index is 153. The Balaban J connectivity index is 3.69. The quantitative estimate of drug-likeness (QED) is 0.690. The second kappa shape index (κ2) is 6.08. The van der Waals surface area contributed by atoms with Crippen LogP contribution in [-0.4, -0.2) is 31.6 Å². The molecule has 0 saturated carbocycles. The topological polar surface area (TPSA) is 29.3 Å². The molecule has 0 aromatic heterocycles. The molecular weight excluding hydrogens is 162 g/mol. The highest BCUT2D eigenvalue weighted by molar-refractivity contribution is 4.98. The summed E-state index contributed by atoms with van der Waals surface area (Å²) in [6, 6.07) is 0.